The highest BCUT2D eigenvalue weighted by Crippen LogP contribution is 2.53. The SMILES string of the molecule is CC1=CCC[C@]2(C)CC[C@@H](C(C)(C)O)C[C@H]12. The Morgan fingerprint density at radius 2 is 2.06 bits per heavy atom. The molecule has 0 bridgehead atoms. The molecule has 0 aromatic rings. The van der Waals surface area contributed by atoms with Gasteiger partial charge in [0.15, 0.2) is 0 Å². The lowest BCUT2D eigenvalue weighted by molar-refractivity contribution is -0.0373. The zero-order valence-electron chi connectivity index (χ0n) is 11.2. The summed E-state index contributed by atoms with van der Waals surface area (Å²) < 4.78 is 0. The van der Waals surface area contributed by atoms with E-state index in [4.69, 9.17) is 0 Å². The van der Waals surface area contributed by atoms with Gasteiger partial charge in [-0.15, -0.1) is 0 Å². The van der Waals surface area contributed by atoms with E-state index in [0.717, 1.165) is 0 Å². The minimum Gasteiger partial charge on any atom is -0.390 e. The van der Waals surface area contributed by atoms with E-state index in [0.29, 0.717) is 17.3 Å². The van der Waals surface area contributed by atoms with E-state index < -0.39 is 5.60 Å². The molecule has 1 fully saturated rings. The Bertz CT molecular complexity index is 297. The summed E-state index contributed by atoms with van der Waals surface area (Å²) in [4.78, 5) is 0. The molecular weight excluding hydrogens is 196 g/mol. The molecule has 0 radical (unpaired) electrons. The number of allylic oxidation sites excluding steroid dienone is 2. The van der Waals surface area contributed by atoms with Crippen molar-refractivity contribution in [2.24, 2.45) is 17.3 Å². The molecule has 1 nitrogen and oxygen atoms in total. The van der Waals surface area contributed by atoms with Crippen LogP contribution in [-0.4, -0.2) is 10.7 Å². The largest absolute Gasteiger partial charge is 0.390 e. The van der Waals surface area contributed by atoms with Gasteiger partial charge in [0.1, 0.15) is 0 Å². The number of hydrogen-bond donors (Lipinski definition) is 1. The zero-order chi connectivity index (χ0) is 12.0. The van der Waals surface area contributed by atoms with Crippen molar-refractivity contribution in [1.29, 1.82) is 0 Å². The van der Waals surface area contributed by atoms with Gasteiger partial charge in [0, 0.05) is 0 Å². The van der Waals surface area contributed by atoms with Gasteiger partial charge >= 0.3 is 0 Å². The van der Waals surface area contributed by atoms with Gasteiger partial charge in [0.2, 0.25) is 0 Å². The molecule has 2 rings (SSSR count). The fourth-order valence-corrected chi connectivity index (χ4v) is 3.81. The zero-order valence-corrected chi connectivity index (χ0v) is 11.2. The monoisotopic (exact) mass is 222 g/mol. The molecule has 2 aliphatic rings. The highest BCUT2D eigenvalue weighted by molar-refractivity contribution is 5.15. The van der Waals surface area contributed by atoms with Crippen LogP contribution in [0.5, 0.6) is 0 Å². The van der Waals surface area contributed by atoms with Gasteiger partial charge in [-0.25, -0.2) is 0 Å². The minimum atomic E-state index is -0.501. The lowest BCUT2D eigenvalue weighted by atomic mass is 9.56. The average molecular weight is 222 g/mol. The third-order valence-corrected chi connectivity index (χ3v) is 5.16. The van der Waals surface area contributed by atoms with Crippen molar-refractivity contribution in [2.75, 3.05) is 0 Å². The predicted molar refractivity (Wildman–Crippen MR) is 68.2 cm³/mol. The normalized spacial score (nSPS) is 40.2. The molecule has 3 atom stereocenters. The van der Waals surface area contributed by atoms with Crippen molar-refractivity contribution in [2.45, 2.75) is 65.4 Å². The van der Waals surface area contributed by atoms with Gasteiger partial charge < -0.3 is 5.11 Å². The molecule has 0 aromatic heterocycles. The van der Waals surface area contributed by atoms with E-state index in [9.17, 15) is 5.11 Å². The summed E-state index contributed by atoms with van der Waals surface area (Å²) in [7, 11) is 0. The quantitative estimate of drug-likeness (QED) is 0.667. The predicted octanol–water partition coefficient (Wildman–Crippen LogP) is 3.92. The van der Waals surface area contributed by atoms with Crippen molar-refractivity contribution in [1.82, 2.24) is 0 Å². The van der Waals surface area contributed by atoms with Crippen molar-refractivity contribution in [3.8, 4) is 0 Å². The summed E-state index contributed by atoms with van der Waals surface area (Å²) in [6, 6.07) is 0. The van der Waals surface area contributed by atoms with Crippen LogP contribution < -0.4 is 0 Å². The number of rotatable bonds is 1. The summed E-state index contributed by atoms with van der Waals surface area (Å²) in [6.07, 6.45) is 8.68. The molecule has 0 aliphatic heterocycles. The summed E-state index contributed by atoms with van der Waals surface area (Å²) in [5.74, 6) is 1.19. The second kappa shape index (κ2) is 3.87. The molecule has 1 saturated carbocycles. The summed E-state index contributed by atoms with van der Waals surface area (Å²) in [6.45, 7) is 8.69. The Hall–Kier alpha value is -0.300. The van der Waals surface area contributed by atoms with Gasteiger partial charge in [-0.1, -0.05) is 18.6 Å². The highest BCUT2D eigenvalue weighted by atomic mass is 16.3. The van der Waals surface area contributed by atoms with Crippen LogP contribution in [0.4, 0.5) is 0 Å². The van der Waals surface area contributed by atoms with Crippen molar-refractivity contribution in [3.05, 3.63) is 11.6 Å². The third kappa shape index (κ3) is 2.07. The van der Waals surface area contributed by atoms with Crippen LogP contribution in [0.1, 0.15) is 59.8 Å². The molecule has 0 saturated heterocycles. The molecule has 0 spiro atoms. The molecule has 0 heterocycles. The van der Waals surface area contributed by atoms with Crippen molar-refractivity contribution >= 4 is 0 Å². The summed E-state index contributed by atoms with van der Waals surface area (Å²) in [5.41, 5.74) is 1.59. The van der Waals surface area contributed by atoms with E-state index >= 15 is 0 Å². The second-order valence-corrected chi connectivity index (χ2v) is 6.82. The Kier molecular flexibility index (Phi) is 2.94. The van der Waals surface area contributed by atoms with Gasteiger partial charge in [-0.05, 0) is 70.1 Å². The highest BCUT2D eigenvalue weighted by Gasteiger charge is 2.44. The van der Waals surface area contributed by atoms with Crippen LogP contribution in [0.15, 0.2) is 11.6 Å². The fourth-order valence-electron chi connectivity index (χ4n) is 3.81. The standard InChI is InChI=1S/C15H26O/c1-11-6-5-8-15(4)9-7-12(10-13(11)15)14(2,3)16/h6,12-13,16H,5,7-10H2,1-4H3/t12-,13-,15-/m1/s1. The van der Waals surface area contributed by atoms with E-state index in [1.54, 1.807) is 5.57 Å². The van der Waals surface area contributed by atoms with Crippen molar-refractivity contribution in [3.63, 3.8) is 0 Å². The maximum atomic E-state index is 10.2. The Labute approximate surface area is 99.9 Å². The smallest absolute Gasteiger partial charge is 0.0620 e. The summed E-state index contributed by atoms with van der Waals surface area (Å²) >= 11 is 0. The van der Waals surface area contributed by atoms with Gasteiger partial charge in [-0.3, -0.25) is 0 Å². The maximum absolute atomic E-state index is 10.2. The third-order valence-electron chi connectivity index (χ3n) is 5.16. The Morgan fingerprint density at radius 3 is 2.69 bits per heavy atom. The topological polar surface area (TPSA) is 20.2 Å². The molecule has 16 heavy (non-hydrogen) atoms. The number of aliphatic hydroxyl groups is 1. The van der Waals surface area contributed by atoms with Gasteiger partial charge in [0.25, 0.3) is 0 Å². The second-order valence-electron chi connectivity index (χ2n) is 6.82. The first-order valence-electron chi connectivity index (χ1n) is 6.72. The molecule has 1 heteroatoms. The summed E-state index contributed by atoms with van der Waals surface area (Å²) in [5, 5.41) is 10.2. The fraction of sp³-hybridized carbons (Fsp3) is 0.867. The molecule has 0 amide bonds. The first-order chi connectivity index (χ1) is 7.33. The minimum absolute atomic E-state index is 0.479. The van der Waals surface area contributed by atoms with E-state index in [1.807, 2.05) is 13.8 Å². The maximum Gasteiger partial charge on any atom is 0.0620 e. The van der Waals surface area contributed by atoms with Crippen LogP contribution in [-0.2, 0) is 0 Å². The molecular formula is C15H26O. The van der Waals surface area contributed by atoms with E-state index in [-0.39, 0.29) is 0 Å². The molecule has 1 N–H and O–H groups in total. The Balaban J connectivity index is 2.18. The van der Waals surface area contributed by atoms with E-state index in [2.05, 4.69) is 19.9 Å². The van der Waals surface area contributed by atoms with Crippen LogP contribution in [0.25, 0.3) is 0 Å². The molecule has 0 aromatic carbocycles. The van der Waals surface area contributed by atoms with Crippen LogP contribution in [0.2, 0.25) is 0 Å². The number of hydrogen-bond acceptors (Lipinski definition) is 1. The molecule has 92 valence electrons. The van der Waals surface area contributed by atoms with Gasteiger partial charge in [-0.2, -0.15) is 0 Å². The first kappa shape index (κ1) is 12.2. The molecule has 0 unspecified atom stereocenters. The molecule has 2 aliphatic carbocycles. The van der Waals surface area contributed by atoms with Crippen LogP contribution in [0.3, 0.4) is 0 Å². The lowest BCUT2D eigenvalue weighted by Gasteiger charge is -2.49. The van der Waals surface area contributed by atoms with Crippen LogP contribution >= 0.6 is 0 Å². The lowest BCUT2D eigenvalue weighted by Crippen LogP contribution is -2.43. The average Bonchev–Trinajstić information content (AvgIpc) is 2.15. The van der Waals surface area contributed by atoms with Crippen LogP contribution in [0, 0.1) is 17.3 Å². The Morgan fingerprint density at radius 1 is 1.38 bits per heavy atom. The van der Waals surface area contributed by atoms with Gasteiger partial charge in [0.05, 0.1) is 5.60 Å². The number of fused-ring (bicyclic) bond motifs is 1. The first-order valence-corrected chi connectivity index (χ1v) is 6.72. The van der Waals surface area contributed by atoms with Crippen molar-refractivity contribution < 1.29 is 5.11 Å². The van der Waals surface area contributed by atoms with E-state index in [1.165, 1.54) is 32.1 Å².